The number of allylic oxidation sites excluding steroid dienone is 4. The van der Waals surface area contributed by atoms with Gasteiger partial charge in [-0.2, -0.15) is 0 Å². The first-order valence-corrected chi connectivity index (χ1v) is 7.51. The van der Waals surface area contributed by atoms with E-state index < -0.39 is 5.92 Å². The van der Waals surface area contributed by atoms with Crippen LogP contribution in [0.25, 0.3) is 0 Å². The molecule has 2 aliphatic carbocycles. The van der Waals surface area contributed by atoms with Crippen LogP contribution in [-0.2, 0) is 0 Å². The first-order valence-electron chi connectivity index (χ1n) is 7.51. The Morgan fingerprint density at radius 2 is 2.00 bits per heavy atom. The number of alkyl halides is 2. The second-order valence-electron chi connectivity index (χ2n) is 6.59. The molecule has 2 fully saturated rings. The maximum Gasteiger partial charge on any atom is 0.326 e. The summed E-state index contributed by atoms with van der Waals surface area (Å²) in [6.45, 7) is 2.50. The van der Waals surface area contributed by atoms with E-state index in [1.54, 1.807) is 4.90 Å². The van der Waals surface area contributed by atoms with Crippen LogP contribution in [0.15, 0.2) is 35.2 Å². The summed E-state index contributed by atoms with van der Waals surface area (Å²) in [5.41, 5.74) is 2.86. The van der Waals surface area contributed by atoms with Crippen molar-refractivity contribution in [3.63, 3.8) is 0 Å². The number of nitrogens with one attached hydrogen (secondary N) is 1. The average molecular weight is 292 g/mol. The predicted octanol–water partition coefficient (Wildman–Crippen LogP) is 3.42. The fourth-order valence-corrected chi connectivity index (χ4v) is 4.13. The largest absolute Gasteiger partial charge is 0.326 e. The second-order valence-corrected chi connectivity index (χ2v) is 6.59. The zero-order valence-electron chi connectivity index (χ0n) is 11.9. The number of urea groups is 1. The van der Waals surface area contributed by atoms with Crippen LogP contribution in [0.4, 0.5) is 13.6 Å². The van der Waals surface area contributed by atoms with Crippen molar-refractivity contribution in [1.82, 2.24) is 10.2 Å². The maximum absolute atomic E-state index is 13.3. The van der Waals surface area contributed by atoms with Gasteiger partial charge in [-0.25, -0.2) is 13.6 Å². The molecule has 1 unspecified atom stereocenters. The van der Waals surface area contributed by atoms with E-state index in [0.29, 0.717) is 6.54 Å². The highest BCUT2D eigenvalue weighted by Gasteiger charge is 2.63. The van der Waals surface area contributed by atoms with E-state index in [9.17, 15) is 13.6 Å². The molecule has 0 saturated heterocycles. The lowest BCUT2D eigenvalue weighted by atomic mass is 10.00. The van der Waals surface area contributed by atoms with Crippen LogP contribution in [0.3, 0.4) is 0 Å². The molecule has 2 heterocycles. The summed E-state index contributed by atoms with van der Waals surface area (Å²) in [6, 6.07) is -0.0987. The zero-order valence-corrected chi connectivity index (χ0v) is 11.9. The highest BCUT2D eigenvalue weighted by Crippen LogP contribution is 2.65. The van der Waals surface area contributed by atoms with Gasteiger partial charge in [-0.05, 0) is 48.8 Å². The van der Waals surface area contributed by atoms with Gasteiger partial charge in [0.1, 0.15) is 0 Å². The molecule has 112 valence electrons. The standard InChI is InChI=1S/C16H18F2N2O/c1-9-5-11-6-10(3-2-4-20(11)15(21)19-9)14-12-7-16(17,18)8-13(12)14/h3,5-6,12-14H,2,4,7-8H2,1H3,(H,19,21)/t12-,13+,14?. The van der Waals surface area contributed by atoms with Gasteiger partial charge in [-0.3, -0.25) is 4.90 Å². The van der Waals surface area contributed by atoms with Crippen molar-refractivity contribution in [2.75, 3.05) is 6.54 Å². The number of amides is 2. The van der Waals surface area contributed by atoms with Crippen molar-refractivity contribution in [1.29, 1.82) is 0 Å². The molecule has 2 saturated carbocycles. The summed E-state index contributed by atoms with van der Waals surface area (Å²) in [5, 5.41) is 2.80. The van der Waals surface area contributed by atoms with Crippen LogP contribution in [0, 0.1) is 17.8 Å². The number of nitrogens with zero attached hydrogens (tertiary/aromatic N) is 1. The molecular weight excluding hydrogens is 274 g/mol. The van der Waals surface area contributed by atoms with Gasteiger partial charge in [0.15, 0.2) is 0 Å². The Balaban J connectivity index is 1.59. The Bertz CT molecular complexity index is 591. The van der Waals surface area contributed by atoms with Crippen LogP contribution in [0.1, 0.15) is 26.2 Å². The van der Waals surface area contributed by atoms with E-state index in [-0.39, 0.29) is 36.6 Å². The molecule has 2 aliphatic heterocycles. The van der Waals surface area contributed by atoms with E-state index in [0.717, 1.165) is 23.4 Å². The van der Waals surface area contributed by atoms with Crippen molar-refractivity contribution in [2.45, 2.75) is 32.1 Å². The predicted molar refractivity (Wildman–Crippen MR) is 74.4 cm³/mol. The minimum Gasteiger partial charge on any atom is -0.312 e. The Hall–Kier alpha value is -1.65. The summed E-state index contributed by atoms with van der Waals surface area (Å²) in [7, 11) is 0. The van der Waals surface area contributed by atoms with E-state index in [2.05, 4.69) is 11.4 Å². The quantitative estimate of drug-likeness (QED) is 0.789. The van der Waals surface area contributed by atoms with Gasteiger partial charge < -0.3 is 5.32 Å². The fraction of sp³-hybridized carbons (Fsp3) is 0.562. The monoisotopic (exact) mass is 292 g/mol. The molecule has 2 amide bonds. The van der Waals surface area contributed by atoms with Gasteiger partial charge in [-0.15, -0.1) is 0 Å². The molecule has 0 bridgehead atoms. The topological polar surface area (TPSA) is 32.3 Å². The third kappa shape index (κ3) is 2.10. The molecule has 0 aromatic carbocycles. The van der Waals surface area contributed by atoms with Crippen molar-refractivity contribution in [3.05, 3.63) is 35.2 Å². The molecule has 0 aromatic rings. The SMILES string of the molecule is CC1=CC2=CC(C3[C@H]4CC(F)(F)C[C@@H]34)=CCCN2C(=O)N1. The number of hydrogen-bond acceptors (Lipinski definition) is 1. The van der Waals surface area contributed by atoms with Gasteiger partial charge in [-0.1, -0.05) is 6.08 Å². The maximum atomic E-state index is 13.3. The lowest BCUT2D eigenvalue weighted by Gasteiger charge is -2.27. The molecule has 3 nitrogen and oxygen atoms in total. The Morgan fingerprint density at radius 1 is 1.29 bits per heavy atom. The summed E-state index contributed by atoms with van der Waals surface area (Å²) >= 11 is 0. The molecule has 21 heavy (non-hydrogen) atoms. The van der Waals surface area contributed by atoms with Gasteiger partial charge in [0, 0.05) is 30.8 Å². The highest BCUT2D eigenvalue weighted by atomic mass is 19.3. The zero-order chi connectivity index (χ0) is 14.8. The highest BCUT2D eigenvalue weighted by molar-refractivity contribution is 5.80. The molecule has 1 N–H and O–H groups in total. The molecule has 0 spiro atoms. The summed E-state index contributed by atoms with van der Waals surface area (Å²) in [6.07, 6.45) is 6.94. The number of fused-ring (bicyclic) bond motifs is 2. The third-order valence-electron chi connectivity index (χ3n) is 5.06. The van der Waals surface area contributed by atoms with E-state index in [1.165, 1.54) is 0 Å². The number of rotatable bonds is 1. The van der Waals surface area contributed by atoms with Crippen LogP contribution in [-0.4, -0.2) is 23.4 Å². The lowest BCUT2D eigenvalue weighted by molar-refractivity contribution is -0.00670. The third-order valence-corrected chi connectivity index (χ3v) is 5.06. The number of halogens is 2. The number of hydrogen-bond donors (Lipinski definition) is 1. The Labute approximate surface area is 122 Å². The average Bonchev–Trinajstić information content (AvgIpc) is 2.97. The molecular formula is C16H18F2N2O. The fourth-order valence-electron chi connectivity index (χ4n) is 4.13. The molecule has 0 aromatic heterocycles. The van der Waals surface area contributed by atoms with Crippen molar-refractivity contribution < 1.29 is 13.6 Å². The first kappa shape index (κ1) is 13.0. The smallest absolute Gasteiger partial charge is 0.312 e. The van der Waals surface area contributed by atoms with Gasteiger partial charge in [0.25, 0.3) is 0 Å². The summed E-state index contributed by atoms with van der Waals surface area (Å²) in [4.78, 5) is 13.7. The Morgan fingerprint density at radius 3 is 2.71 bits per heavy atom. The molecule has 5 heteroatoms. The van der Waals surface area contributed by atoms with Crippen molar-refractivity contribution in [3.8, 4) is 0 Å². The van der Waals surface area contributed by atoms with E-state index in [1.807, 2.05) is 19.1 Å². The van der Waals surface area contributed by atoms with Crippen molar-refractivity contribution >= 4 is 6.03 Å². The molecule has 3 atom stereocenters. The van der Waals surface area contributed by atoms with Gasteiger partial charge in [0.2, 0.25) is 5.92 Å². The Kier molecular flexibility index (Phi) is 2.60. The van der Waals surface area contributed by atoms with Crippen LogP contribution < -0.4 is 5.32 Å². The minimum absolute atomic E-state index is 0.0297. The van der Waals surface area contributed by atoms with Gasteiger partial charge >= 0.3 is 6.03 Å². The van der Waals surface area contributed by atoms with Gasteiger partial charge in [0.05, 0.1) is 0 Å². The number of carbonyl (C=O) groups excluding carboxylic acids is 1. The van der Waals surface area contributed by atoms with Crippen molar-refractivity contribution in [2.24, 2.45) is 17.8 Å². The minimum atomic E-state index is -2.46. The normalized spacial score (nSPS) is 36.7. The second kappa shape index (κ2) is 4.18. The van der Waals surface area contributed by atoms with Crippen LogP contribution in [0.2, 0.25) is 0 Å². The van der Waals surface area contributed by atoms with E-state index >= 15 is 0 Å². The summed E-state index contributed by atoms with van der Waals surface area (Å²) < 4.78 is 26.6. The van der Waals surface area contributed by atoms with E-state index in [4.69, 9.17) is 0 Å². The molecule has 4 aliphatic rings. The number of carbonyl (C=O) groups is 1. The van der Waals surface area contributed by atoms with Crippen LogP contribution in [0.5, 0.6) is 0 Å². The van der Waals surface area contributed by atoms with Crippen LogP contribution >= 0.6 is 0 Å². The molecule has 4 rings (SSSR count). The molecule has 0 radical (unpaired) electrons. The lowest BCUT2D eigenvalue weighted by Crippen LogP contribution is -2.41. The summed E-state index contributed by atoms with van der Waals surface area (Å²) in [5.74, 6) is -1.91. The first-order chi connectivity index (χ1) is 9.94.